The highest BCUT2D eigenvalue weighted by molar-refractivity contribution is 5.77. The molecule has 3 rings (SSSR count). The number of oxazole rings is 1. The third-order valence-corrected chi connectivity index (χ3v) is 3.73. The van der Waals surface area contributed by atoms with E-state index in [1.165, 1.54) is 19.4 Å². The molecule has 1 aliphatic rings. The van der Waals surface area contributed by atoms with Gasteiger partial charge >= 0.3 is 0 Å². The van der Waals surface area contributed by atoms with Gasteiger partial charge in [0, 0.05) is 18.7 Å². The third kappa shape index (κ3) is 2.89. The standard InChI is InChI=1S/C15H21N3O/c1-2-15-18-13-8-12(5-6-14(13)19-15)17-10-11-4-3-7-16-9-11/h5-6,8,11,16-17H,2-4,7,9-10H2,1H3. The molecular formula is C15H21N3O. The van der Waals surface area contributed by atoms with Crippen molar-refractivity contribution < 1.29 is 4.42 Å². The summed E-state index contributed by atoms with van der Waals surface area (Å²) in [5.41, 5.74) is 2.96. The molecule has 19 heavy (non-hydrogen) atoms. The van der Waals surface area contributed by atoms with Crippen molar-refractivity contribution in [1.29, 1.82) is 0 Å². The van der Waals surface area contributed by atoms with Crippen molar-refractivity contribution in [2.75, 3.05) is 25.0 Å². The summed E-state index contributed by atoms with van der Waals surface area (Å²) in [5, 5.41) is 6.96. The van der Waals surface area contributed by atoms with Gasteiger partial charge in [0.05, 0.1) is 0 Å². The molecule has 2 heterocycles. The molecule has 1 atom stereocenters. The number of hydrogen-bond acceptors (Lipinski definition) is 4. The molecule has 2 aromatic rings. The molecule has 102 valence electrons. The van der Waals surface area contributed by atoms with Crippen LogP contribution in [0.15, 0.2) is 22.6 Å². The maximum Gasteiger partial charge on any atom is 0.195 e. The van der Waals surface area contributed by atoms with Gasteiger partial charge in [0.1, 0.15) is 5.52 Å². The van der Waals surface area contributed by atoms with E-state index < -0.39 is 0 Å². The predicted octanol–water partition coefficient (Wildman–Crippen LogP) is 2.80. The second-order valence-electron chi connectivity index (χ2n) is 5.24. The molecule has 1 saturated heterocycles. The van der Waals surface area contributed by atoms with Gasteiger partial charge < -0.3 is 15.1 Å². The lowest BCUT2D eigenvalue weighted by Gasteiger charge is -2.23. The quantitative estimate of drug-likeness (QED) is 0.886. The van der Waals surface area contributed by atoms with Crippen LogP contribution < -0.4 is 10.6 Å². The molecule has 1 fully saturated rings. The Morgan fingerprint density at radius 1 is 1.47 bits per heavy atom. The second kappa shape index (κ2) is 5.61. The van der Waals surface area contributed by atoms with Crippen molar-refractivity contribution >= 4 is 16.8 Å². The summed E-state index contributed by atoms with van der Waals surface area (Å²) >= 11 is 0. The van der Waals surface area contributed by atoms with Gasteiger partial charge in [-0.2, -0.15) is 0 Å². The highest BCUT2D eigenvalue weighted by Crippen LogP contribution is 2.21. The average Bonchev–Trinajstić information content (AvgIpc) is 2.88. The Morgan fingerprint density at radius 3 is 3.21 bits per heavy atom. The lowest BCUT2D eigenvalue weighted by atomic mass is 10.00. The van der Waals surface area contributed by atoms with Crippen LogP contribution in [0, 0.1) is 5.92 Å². The fourth-order valence-electron chi connectivity index (χ4n) is 2.60. The lowest BCUT2D eigenvalue weighted by Crippen LogP contribution is -2.33. The molecule has 0 radical (unpaired) electrons. The number of nitrogens with zero attached hydrogens (tertiary/aromatic N) is 1. The maximum absolute atomic E-state index is 5.62. The summed E-state index contributed by atoms with van der Waals surface area (Å²) < 4.78 is 5.62. The normalized spacial score (nSPS) is 19.7. The molecule has 0 saturated carbocycles. The average molecular weight is 259 g/mol. The van der Waals surface area contributed by atoms with Crippen molar-refractivity contribution in [3.05, 3.63) is 24.1 Å². The molecular weight excluding hydrogens is 238 g/mol. The zero-order valence-electron chi connectivity index (χ0n) is 11.4. The predicted molar refractivity (Wildman–Crippen MR) is 77.5 cm³/mol. The minimum absolute atomic E-state index is 0.730. The molecule has 4 heteroatoms. The second-order valence-corrected chi connectivity index (χ2v) is 5.24. The number of fused-ring (bicyclic) bond motifs is 1. The number of aromatic nitrogens is 1. The zero-order chi connectivity index (χ0) is 13.1. The van der Waals surface area contributed by atoms with Crippen molar-refractivity contribution in [3.8, 4) is 0 Å². The molecule has 1 aromatic carbocycles. The first-order chi connectivity index (χ1) is 9.35. The zero-order valence-corrected chi connectivity index (χ0v) is 11.4. The van der Waals surface area contributed by atoms with E-state index in [1.807, 2.05) is 6.07 Å². The molecule has 1 aliphatic heterocycles. The Bertz CT molecular complexity index is 543. The van der Waals surface area contributed by atoms with Crippen LogP contribution in [0.5, 0.6) is 0 Å². The van der Waals surface area contributed by atoms with Crippen LogP contribution in [-0.4, -0.2) is 24.6 Å². The summed E-state index contributed by atoms with van der Waals surface area (Å²) in [4.78, 5) is 4.47. The molecule has 1 unspecified atom stereocenters. The van der Waals surface area contributed by atoms with Crippen LogP contribution in [0.4, 0.5) is 5.69 Å². The van der Waals surface area contributed by atoms with Gasteiger partial charge in [0.2, 0.25) is 0 Å². The minimum Gasteiger partial charge on any atom is -0.441 e. The van der Waals surface area contributed by atoms with Crippen molar-refractivity contribution in [3.63, 3.8) is 0 Å². The SMILES string of the molecule is CCc1nc2cc(NCC3CCCNC3)ccc2o1. The fourth-order valence-corrected chi connectivity index (χ4v) is 2.60. The van der Waals surface area contributed by atoms with Gasteiger partial charge in [0.25, 0.3) is 0 Å². The number of hydrogen-bond donors (Lipinski definition) is 2. The van der Waals surface area contributed by atoms with Crippen molar-refractivity contribution in [1.82, 2.24) is 10.3 Å². The number of anilines is 1. The Balaban J connectivity index is 1.66. The van der Waals surface area contributed by atoms with Crippen LogP contribution in [0.25, 0.3) is 11.1 Å². The Morgan fingerprint density at radius 2 is 2.42 bits per heavy atom. The molecule has 1 aromatic heterocycles. The summed E-state index contributed by atoms with van der Waals surface area (Å²) in [6.45, 7) is 5.37. The number of piperidine rings is 1. The van der Waals surface area contributed by atoms with Gasteiger partial charge in [-0.1, -0.05) is 6.92 Å². The van der Waals surface area contributed by atoms with E-state index in [9.17, 15) is 0 Å². The summed E-state index contributed by atoms with van der Waals surface area (Å²) in [5.74, 6) is 1.54. The third-order valence-electron chi connectivity index (χ3n) is 3.73. The monoisotopic (exact) mass is 259 g/mol. The number of benzene rings is 1. The van der Waals surface area contributed by atoms with E-state index in [2.05, 4.69) is 34.7 Å². The first-order valence-electron chi connectivity index (χ1n) is 7.19. The van der Waals surface area contributed by atoms with Crippen LogP contribution in [-0.2, 0) is 6.42 Å². The fraction of sp³-hybridized carbons (Fsp3) is 0.533. The first-order valence-corrected chi connectivity index (χ1v) is 7.19. The van der Waals surface area contributed by atoms with Crippen LogP contribution >= 0.6 is 0 Å². The van der Waals surface area contributed by atoms with Gasteiger partial charge in [-0.25, -0.2) is 4.98 Å². The molecule has 0 bridgehead atoms. The molecule has 0 aliphatic carbocycles. The number of nitrogens with one attached hydrogen (secondary N) is 2. The van der Waals surface area contributed by atoms with Gasteiger partial charge in [-0.3, -0.25) is 0 Å². The highest BCUT2D eigenvalue weighted by Gasteiger charge is 2.12. The van der Waals surface area contributed by atoms with E-state index in [1.54, 1.807) is 0 Å². The lowest BCUT2D eigenvalue weighted by molar-refractivity contribution is 0.393. The summed E-state index contributed by atoms with van der Waals surface area (Å²) in [6.07, 6.45) is 3.44. The molecule has 2 N–H and O–H groups in total. The number of aryl methyl sites for hydroxylation is 1. The molecule has 0 spiro atoms. The van der Waals surface area contributed by atoms with Crippen molar-refractivity contribution in [2.24, 2.45) is 5.92 Å². The topological polar surface area (TPSA) is 50.1 Å². The molecule has 4 nitrogen and oxygen atoms in total. The van der Waals surface area contributed by atoms with Crippen LogP contribution in [0.2, 0.25) is 0 Å². The Hall–Kier alpha value is -1.55. The van der Waals surface area contributed by atoms with Crippen molar-refractivity contribution in [2.45, 2.75) is 26.2 Å². The van der Waals surface area contributed by atoms with E-state index in [-0.39, 0.29) is 0 Å². The van der Waals surface area contributed by atoms with E-state index >= 15 is 0 Å². The van der Waals surface area contributed by atoms with E-state index in [0.29, 0.717) is 0 Å². The Kier molecular flexibility index (Phi) is 3.69. The Labute approximate surface area is 113 Å². The van der Waals surface area contributed by atoms with Gasteiger partial charge in [-0.05, 0) is 50.0 Å². The molecule has 0 amide bonds. The van der Waals surface area contributed by atoms with Gasteiger partial charge in [-0.15, -0.1) is 0 Å². The largest absolute Gasteiger partial charge is 0.441 e. The summed E-state index contributed by atoms with van der Waals surface area (Å²) in [6, 6.07) is 6.15. The van der Waals surface area contributed by atoms with Gasteiger partial charge in [0.15, 0.2) is 11.5 Å². The van der Waals surface area contributed by atoms with Crippen LogP contribution in [0.1, 0.15) is 25.7 Å². The van der Waals surface area contributed by atoms with E-state index in [4.69, 9.17) is 4.42 Å². The minimum atomic E-state index is 0.730. The van der Waals surface area contributed by atoms with E-state index in [0.717, 1.165) is 48.1 Å². The summed E-state index contributed by atoms with van der Waals surface area (Å²) in [7, 11) is 0. The number of rotatable bonds is 4. The highest BCUT2D eigenvalue weighted by atomic mass is 16.3. The smallest absolute Gasteiger partial charge is 0.195 e. The first kappa shape index (κ1) is 12.5. The van der Waals surface area contributed by atoms with Crippen LogP contribution in [0.3, 0.4) is 0 Å². The maximum atomic E-state index is 5.62.